The Bertz CT molecular complexity index is 1130. The Morgan fingerprint density at radius 3 is 2.58 bits per heavy atom. The van der Waals surface area contributed by atoms with E-state index in [0.717, 1.165) is 24.8 Å². The molecule has 0 aliphatic carbocycles. The van der Waals surface area contributed by atoms with Crippen LogP contribution in [0.3, 0.4) is 0 Å². The van der Waals surface area contributed by atoms with Crippen LogP contribution in [0, 0.1) is 6.92 Å². The number of nitrogens with zero attached hydrogens (tertiary/aromatic N) is 3. The molecule has 3 aromatic rings. The molecule has 1 aliphatic rings. The van der Waals surface area contributed by atoms with E-state index >= 15 is 0 Å². The number of aromatic nitrogens is 2. The maximum absolute atomic E-state index is 13.4. The van der Waals surface area contributed by atoms with Gasteiger partial charge in [-0.2, -0.15) is 0 Å². The smallest absolute Gasteiger partial charge is 0.258 e. The standard InChI is InChI=1S/C26H28N4O3/c1-18-21(25(31)28-16-19-10-4-3-5-11-19)17-27-24(29-18)22-13-8-9-15-30(22)26(32)20-12-6-7-14-23(20)33-2/h3-7,10-12,14,17,22H,8-9,13,15-16H2,1-2H3,(H,28,31)/t22-/m0/s1. The molecule has 0 unspecified atom stereocenters. The maximum atomic E-state index is 13.4. The first-order valence-electron chi connectivity index (χ1n) is 11.2. The number of likely N-dealkylation sites (tertiary alicyclic amines) is 1. The summed E-state index contributed by atoms with van der Waals surface area (Å²) in [6, 6.07) is 16.7. The summed E-state index contributed by atoms with van der Waals surface area (Å²) in [5.74, 6) is 0.806. The van der Waals surface area contributed by atoms with E-state index in [4.69, 9.17) is 4.74 Å². The number of hydrogen-bond donors (Lipinski definition) is 1. The van der Waals surface area contributed by atoms with Gasteiger partial charge in [0.05, 0.1) is 30.0 Å². The van der Waals surface area contributed by atoms with Gasteiger partial charge in [-0.3, -0.25) is 9.59 Å². The van der Waals surface area contributed by atoms with Crippen molar-refractivity contribution in [2.75, 3.05) is 13.7 Å². The summed E-state index contributed by atoms with van der Waals surface area (Å²) in [6.07, 6.45) is 4.26. The fourth-order valence-corrected chi connectivity index (χ4v) is 4.16. The summed E-state index contributed by atoms with van der Waals surface area (Å²) < 4.78 is 5.39. The predicted molar refractivity (Wildman–Crippen MR) is 125 cm³/mol. The normalized spacial score (nSPS) is 15.7. The first kappa shape index (κ1) is 22.5. The van der Waals surface area contributed by atoms with Gasteiger partial charge >= 0.3 is 0 Å². The molecule has 0 spiro atoms. The lowest BCUT2D eigenvalue weighted by molar-refractivity contribution is 0.0595. The summed E-state index contributed by atoms with van der Waals surface area (Å²) in [5.41, 5.74) is 2.59. The van der Waals surface area contributed by atoms with Crippen LogP contribution in [0.15, 0.2) is 60.8 Å². The van der Waals surface area contributed by atoms with Crippen LogP contribution in [0.2, 0.25) is 0 Å². The highest BCUT2D eigenvalue weighted by molar-refractivity contribution is 5.97. The number of rotatable bonds is 6. The number of amides is 2. The summed E-state index contributed by atoms with van der Waals surface area (Å²) >= 11 is 0. The van der Waals surface area contributed by atoms with Gasteiger partial charge in [-0.1, -0.05) is 42.5 Å². The third-order valence-corrected chi connectivity index (χ3v) is 5.94. The van der Waals surface area contributed by atoms with E-state index in [0.29, 0.717) is 41.5 Å². The van der Waals surface area contributed by atoms with Crippen molar-refractivity contribution >= 4 is 11.8 Å². The monoisotopic (exact) mass is 444 g/mol. The van der Waals surface area contributed by atoms with E-state index < -0.39 is 0 Å². The highest BCUT2D eigenvalue weighted by Crippen LogP contribution is 2.32. The van der Waals surface area contributed by atoms with E-state index in [1.165, 1.54) is 0 Å². The Labute approximate surface area is 193 Å². The molecular formula is C26H28N4O3. The minimum atomic E-state index is -0.240. The van der Waals surface area contributed by atoms with E-state index in [1.807, 2.05) is 47.4 Å². The number of benzene rings is 2. The molecule has 0 radical (unpaired) electrons. The lowest BCUT2D eigenvalue weighted by Gasteiger charge is -2.35. The average Bonchev–Trinajstić information content (AvgIpc) is 2.87. The first-order valence-corrected chi connectivity index (χ1v) is 11.2. The number of para-hydroxylation sites is 1. The Hall–Kier alpha value is -3.74. The molecule has 2 amide bonds. The van der Waals surface area contributed by atoms with Gasteiger partial charge in [-0.25, -0.2) is 9.97 Å². The lowest BCUT2D eigenvalue weighted by atomic mass is 9.99. The molecule has 0 bridgehead atoms. The van der Waals surface area contributed by atoms with Gasteiger partial charge in [-0.15, -0.1) is 0 Å². The lowest BCUT2D eigenvalue weighted by Crippen LogP contribution is -2.39. The molecule has 4 rings (SSSR count). The predicted octanol–water partition coefficient (Wildman–Crippen LogP) is 4.09. The number of hydrogen-bond acceptors (Lipinski definition) is 5. The Morgan fingerprint density at radius 1 is 1.06 bits per heavy atom. The molecule has 2 heterocycles. The molecular weight excluding hydrogens is 416 g/mol. The van der Waals surface area contributed by atoms with E-state index in [2.05, 4.69) is 15.3 Å². The van der Waals surface area contributed by atoms with Crippen LogP contribution in [-0.2, 0) is 6.54 Å². The quantitative estimate of drug-likeness (QED) is 0.619. The Kier molecular flexibility index (Phi) is 6.98. The van der Waals surface area contributed by atoms with Crippen molar-refractivity contribution in [3.63, 3.8) is 0 Å². The summed E-state index contributed by atoms with van der Waals surface area (Å²) in [5, 5.41) is 2.92. The van der Waals surface area contributed by atoms with Gasteiger partial charge in [0.1, 0.15) is 5.75 Å². The molecule has 7 nitrogen and oxygen atoms in total. The molecule has 1 aliphatic heterocycles. The molecule has 1 aromatic heterocycles. The SMILES string of the molecule is COc1ccccc1C(=O)N1CCCC[C@H]1c1ncc(C(=O)NCc2ccccc2)c(C)n1. The number of ether oxygens (including phenoxy) is 1. The fraction of sp³-hybridized carbons (Fsp3) is 0.308. The average molecular weight is 445 g/mol. The number of methoxy groups -OCH3 is 1. The van der Waals surface area contributed by atoms with Gasteiger partial charge in [-0.05, 0) is 43.9 Å². The minimum Gasteiger partial charge on any atom is -0.496 e. The second-order valence-electron chi connectivity index (χ2n) is 8.11. The minimum absolute atomic E-state index is 0.0944. The van der Waals surface area contributed by atoms with Gasteiger partial charge in [0.15, 0.2) is 5.82 Å². The van der Waals surface area contributed by atoms with Gasteiger partial charge in [0.2, 0.25) is 0 Å². The molecule has 1 N–H and O–H groups in total. The number of piperidine rings is 1. The number of nitrogens with one attached hydrogen (secondary N) is 1. The van der Waals surface area contributed by atoms with Crippen LogP contribution in [-0.4, -0.2) is 40.3 Å². The van der Waals surface area contributed by atoms with Gasteiger partial charge in [0, 0.05) is 19.3 Å². The van der Waals surface area contributed by atoms with Crippen LogP contribution in [0.25, 0.3) is 0 Å². The first-order chi connectivity index (χ1) is 16.1. The number of carbonyl (C=O) groups excluding carboxylic acids is 2. The fourth-order valence-electron chi connectivity index (χ4n) is 4.16. The number of aryl methyl sites for hydroxylation is 1. The van der Waals surface area contributed by atoms with Crippen molar-refractivity contribution in [1.29, 1.82) is 0 Å². The van der Waals surface area contributed by atoms with Gasteiger partial charge < -0.3 is 15.0 Å². The van der Waals surface area contributed by atoms with Crippen LogP contribution in [0.1, 0.15) is 63.1 Å². The highest BCUT2D eigenvalue weighted by Gasteiger charge is 2.32. The number of carbonyl (C=O) groups is 2. The van der Waals surface area contributed by atoms with E-state index in [9.17, 15) is 9.59 Å². The molecule has 7 heteroatoms. The second kappa shape index (κ2) is 10.3. The van der Waals surface area contributed by atoms with Crippen LogP contribution < -0.4 is 10.1 Å². The molecule has 170 valence electrons. The van der Waals surface area contributed by atoms with Crippen molar-refractivity contribution in [2.45, 2.75) is 38.8 Å². The molecule has 1 saturated heterocycles. The van der Waals surface area contributed by atoms with Crippen LogP contribution >= 0.6 is 0 Å². The largest absolute Gasteiger partial charge is 0.496 e. The van der Waals surface area contributed by atoms with Gasteiger partial charge in [0.25, 0.3) is 11.8 Å². The summed E-state index contributed by atoms with van der Waals surface area (Å²) in [4.78, 5) is 37.0. The van der Waals surface area contributed by atoms with Crippen molar-refractivity contribution in [3.05, 3.63) is 89.0 Å². The Balaban J connectivity index is 1.53. The molecule has 0 saturated carbocycles. The van der Waals surface area contributed by atoms with Crippen LogP contribution in [0.5, 0.6) is 5.75 Å². The summed E-state index contributed by atoms with van der Waals surface area (Å²) in [7, 11) is 1.56. The molecule has 1 fully saturated rings. The third-order valence-electron chi connectivity index (χ3n) is 5.94. The zero-order chi connectivity index (χ0) is 23.2. The van der Waals surface area contributed by atoms with E-state index in [1.54, 1.807) is 32.4 Å². The van der Waals surface area contributed by atoms with Crippen molar-refractivity contribution in [3.8, 4) is 5.75 Å². The zero-order valence-corrected chi connectivity index (χ0v) is 19.0. The highest BCUT2D eigenvalue weighted by atomic mass is 16.5. The zero-order valence-electron chi connectivity index (χ0n) is 19.0. The van der Waals surface area contributed by atoms with Crippen molar-refractivity contribution in [1.82, 2.24) is 20.2 Å². The third kappa shape index (κ3) is 5.03. The molecule has 2 aromatic carbocycles. The van der Waals surface area contributed by atoms with Crippen molar-refractivity contribution in [2.24, 2.45) is 0 Å². The molecule has 1 atom stereocenters. The van der Waals surface area contributed by atoms with E-state index in [-0.39, 0.29) is 17.9 Å². The molecule has 33 heavy (non-hydrogen) atoms. The maximum Gasteiger partial charge on any atom is 0.258 e. The summed E-state index contributed by atoms with van der Waals surface area (Å²) in [6.45, 7) is 2.87. The second-order valence-corrected chi connectivity index (χ2v) is 8.11. The van der Waals surface area contributed by atoms with Crippen LogP contribution in [0.4, 0.5) is 0 Å². The van der Waals surface area contributed by atoms with Crippen molar-refractivity contribution < 1.29 is 14.3 Å². The topological polar surface area (TPSA) is 84.4 Å². The Morgan fingerprint density at radius 2 is 1.82 bits per heavy atom.